The number of nitrogens with zero attached hydrogens (tertiary/aromatic N) is 10. The van der Waals surface area contributed by atoms with E-state index in [1.807, 2.05) is 36.7 Å². The van der Waals surface area contributed by atoms with Crippen molar-refractivity contribution in [1.82, 2.24) is 38.5 Å². The first-order chi connectivity index (χ1) is 30.3. The number of pyridine rings is 4. The molecule has 14 heteroatoms. The van der Waals surface area contributed by atoms with Crippen LogP contribution in [-0.2, 0) is 39.1 Å². The van der Waals surface area contributed by atoms with Crippen molar-refractivity contribution in [2.45, 2.75) is 115 Å². The molecule has 6 aromatic heterocycles. The summed E-state index contributed by atoms with van der Waals surface area (Å²) in [6.07, 6.45) is 14.5. The molecular formula is C48H64N12O2. The molecule has 0 saturated carbocycles. The lowest BCUT2D eigenvalue weighted by Crippen LogP contribution is -2.40. The van der Waals surface area contributed by atoms with Crippen molar-refractivity contribution in [1.29, 1.82) is 0 Å². The number of nitrogens with two attached hydrogens (primary N) is 2. The Hall–Kier alpha value is -4.96. The van der Waals surface area contributed by atoms with Crippen LogP contribution < -0.4 is 21.3 Å². The molecule has 6 aromatic rings. The van der Waals surface area contributed by atoms with Gasteiger partial charge in [0.05, 0.1) is 59.5 Å². The minimum Gasteiger partial charge on any atom is -0.390 e. The summed E-state index contributed by atoms with van der Waals surface area (Å²) >= 11 is 0. The number of aliphatic hydroxyl groups excluding tert-OH is 2. The van der Waals surface area contributed by atoms with Crippen molar-refractivity contribution in [2.75, 3.05) is 50.1 Å². The SMILES string of the molecule is CN(Cc1nc2cccc(N3CCC(N)CC3)n2c1CO)[C@H]1CCCc2cccnc21.CN(Cc1nc2cccc(N3CCC(N)CC3)n2c1CO)[C@H]1CCCc2cccnc21. The van der Waals surface area contributed by atoms with Gasteiger partial charge in [0.25, 0.3) is 0 Å². The van der Waals surface area contributed by atoms with E-state index in [0.717, 1.165) is 123 Å². The third-order valence-electron chi connectivity index (χ3n) is 13.8. The molecule has 62 heavy (non-hydrogen) atoms. The first-order valence-electron chi connectivity index (χ1n) is 22.8. The molecule has 2 aliphatic carbocycles. The van der Waals surface area contributed by atoms with Gasteiger partial charge >= 0.3 is 0 Å². The van der Waals surface area contributed by atoms with E-state index in [1.165, 1.54) is 35.4 Å². The Morgan fingerprint density at radius 2 is 1.00 bits per heavy atom. The van der Waals surface area contributed by atoms with Gasteiger partial charge in [-0.15, -0.1) is 0 Å². The lowest BCUT2D eigenvalue weighted by atomic mass is 9.91. The van der Waals surface area contributed by atoms with Crippen molar-refractivity contribution in [2.24, 2.45) is 11.5 Å². The Balaban J connectivity index is 0.000000158. The normalized spacial score (nSPS) is 19.9. The summed E-state index contributed by atoms with van der Waals surface area (Å²) in [5, 5.41) is 20.6. The number of anilines is 2. The maximum absolute atomic E-state index is 10.3. The number of piperidine rings is 2. The molecule has 0 spiro atoms. The molecule has 0 bridgehead atoms. The highest BCUT2D eigenvalue weighted by molar-refractivity contribution is 5.56. The van der Waals surface area contributed by atoms with Gasteiger partial charge in [-0.1, -0.05) is 24.3 Å². The monoisotopic (exact) mass is 841 g/mol. The number of rotatable bonds is 10. The van der Waals surface area contributed by atoms with E-state index >= 15 is 0 Å². The summed E-state index contributed by atoms with van der Waals surface area (Å²) in [7, 11) is 4.29. The molecular weight excluding hydrogens is 777 g/mol. The Kier molecular flexibility index (Phi) is 12.8. The molecule has 8 heterocycles. The van der Waals surface area contributed by atoms with Crippen LogP contribution >= 0.6 is 0 Å². The summed E-state index contributed by atoms with van der Waals surface area (Å²) < 4.78 is 4.26. The summed E-state index contributed by atoms with van der Waals surface area (Å²) in [5.74, 6) is 2.19. The fourth-order valence-electron chi connectivity index (χ4n) is 10.4. The van der Waals surface area contributed by atoms with Gasteiger partial charge in [-0.25, -0.2) is 9.97 Å². The lowest BCUT2D eigenvalue weighted by Gasteiger charge is -2.33. The van der Waals surface area contributed by atoms with Crippen molar-refractivity contribution in [3.05, 3.63) is 118 Å². The summed E-state index contributed by atoms with van der Waals surface area (Å²) in [5.41, 5.74) is 22.7. The van der Waals surface area contributed by atoms with Gasteiger partial charge in [0, 0.05) is 63.7 Å². The number of hydrogen-bond acceptors (Lipinski definition) is 12. The quantitative estimate of drug-likeness (QED) is 0.141. The maximum atomic E-state index is 10.3. The van der Waals surface area contributed by atoms with Gasteiger partial charge in [-0.2, -0.15) is 0 Å². The zero-order valence-electron chi connectivity index (χ0n) is 36.5. The van der Waals surface area contributed by atoms with E-state index in [0.29, 0.717) is 13.1 Å². The van der Waals surface area contributed by atoms with E-state index in [2.05, 4.69) is 78.9 Å². The van der Waals surface area contributed by atoms with Crippen molar-refractivity contribution in [3.63, 3.8) is 0 Å². The summed E-state index contributed by atoms with van der Waals surface area (Å²) in [4.78, 5) is 28.7. The van der Waals surface area contributed by atoms with E-state index in [9.17, 15) is 10.2 Å². The minimum atomic E-state index is -0.0335. The topological polar surface area (TPSA) is 166 Å². The number of aromatic nitrogens is 6. The van der Waals surface area contributed by atoms with Crippen LogP contribution in [0.2, 0.25) is 0 Å². The molecule has 0 radical (unpaired) electrons. The van der Waals surface area contributed by atoms with Crippen LogP contribution in [0.5, 0.6) is 0 Å². The number of aryl methyl sites for hydroxylation is 2. The zero-order valence-corrected chi connectivity index (χ0v) is 36.5. The Morgan fingerprint density at radius 3 is 1.40 bits per heavy atom. The highest BCUT2D eigenvalue weighted by atomic mass is 16.3. The first-order valence-corrected chi connectivity index (χ1v) is 22.8. The maximum Gasteiger partial charge on any atom is 0.138 e. The molecule has 328 valence electrons. The number of hydrogen-bond donors (Lipinski definition) is 4. The lowest BCUT2D eigenvalue weighted by molar-refractivity contribution is 0.203. The molecule has 6 N–H and O–H groups in total. The molecule has 0 aromatic carbocycles. The van der Waals surface area contributed by atoms with Gasteiger partial charge < -0.3 is 31.5 Å². The number of imidazole rings is 2. The fourth-order valence-corrected chi connectivity index (χ4v) is 10.4. The van der Waals surface area contributed by atoms with E-state index in [4.69, 9.17) is 31.4 Å². The molecule has 10 rings (SSSR count). The molecule has 0 unspecified atom stereocenters. The number of fused-ring (bicyclic) bond motifs is 4. The highest BCUT2D eigenvalue weighted by Crippen LogP contribution is 2.35. The average molecular weight is 841 g/mol. The third-order valence-corrected chi connectivity index (χ3v) is 13.8. The van der Waals surface area contributed by atoms with Gasteiger partial charge in [-0.3, -0.25) is 28.6 Å². The van der Waals surface area contributed by atoms with E-state index in [1.54, 1.807) is 0 Å². The van der Waals surface area contributed by atoms with E-state index < -0.39 is 0 Å². The predicted molar refractivity (Wildman–Crippen MR) is 244 cm³/mol. The molecule has 2 saturated heterocycles. The van der Waals surface area contributed by atoms with Crippen LogP contribution in [0.4, 0.5) is 11.6 Å². The van der Waals surface area contributed by atoms with Crippen molar-refractivity contribution >= 4 is 22.9 Å². The summed E-state index contributed by atoms with van der Waals surface area (Å²) in [6.45, 7) is 5.03. The van der Waals surface area contributed by atoms with Crippen LogP contribution in [-0.4, -0.2) is 101 Å². The van der Waals surface area contributed by atoms with Gasteiger partial charge in [-0.05, 0) is 126 Å². The largest absolute Gasteiger partial charge is 0.390 e. The van der Waals surface area contributed by atoms with Gasteiger partial charge in [0.15, 0.2) is 0 Å². The standard InChI is InChI=1S/2C24H32N6O/c2*1-28(20-7-2-5-17-6-4-12-26-24(17)20)15-19-21(16-31)30-22(27-19)8-3-9-23(30)29-13-10-18(25)11-14-29/h2*3-4,6,8-9,12,18,20,31H,2,5,7,10-11,13-16,25H2,1H3/t2*20-/m00/s1. The van der Waals surface area contributed by atoms with Crippen LogP contribution in [0.25, 0.3) is 11.3 Å². The Labute approximate surface area is 365 Å². The second kappa shape index (κ2) is 18.8. The molecule has 4 aliphatic rings. The molecule has 2 fully saturated rings. The predicted octanol–water partition coefficient (Wildman–Crippen LogP) is 5.32. The van der Waals surface area contributed by atoms with Crippen LogP contribution in [0.15, 0.2) is 73.1 Å². The van der Waals surface area contributed by atoms with Crippen LogP contribution in [0.1, 0.15) is 109 Å². The average Bonchev–Trinajstić information content (AvgIpc) is 3.86. The van der Waals surface area contributed by atoms with Crippen LogP contribution in [0.3, 0.4) is 0 Å². The van der Waals surface area contributed by atoms with E-state index in [-0.39, 0.29) is 37.4 Å². The van der Waals surface area contributed by atoms with Crippen LogP contribution in [0, 0.1) is 0 Å². The van der Waals surface area contributed by atoms with Gasteiger partial charge in [0.2, 0.25) is 0 Å². The second-order valence-electron chi connectivity index (χ2n) is 17.9. The van der Waals surface area contributed by atoms with Crippen molar-refractivity contribution < 1.29 is 10.2 Å². The fraction of sp³-hybridized carbons (Fsp3) is 0.500. The minimum absolute atomic E-state index is 0.0335. The second-order valence-corrected chi connectivity index (χ2v) is 17.9. The number of aliphatic hydroxyl groups is 2. The molecule has 14 nitrogen and oxygen atoms in total. The van der Waals surface area contributed by atoms with Gasteiger partial charge in [0.1, 0.15) is 22.9 Å². The Bertz CT molecular complexity index is 2280. The highest BCUT2D eigenvalue weighted by Gasteiger charge is 2.29. The smallest absolute Gasteiger partial charge is 0.138 e. The summed E-state index contributed by atoms with van der Waals surface area (Å²) in [6, 6.07) is 22.0. The third kappa shape index (κ3) is 8.56. The Morgan fingerprint density at radius 1 is 0.581 bits per heavy atom. The molecule has 2 atom stereocenters. The molecule has 0 amide bonds. The zero-order chi connectivity index (χ0) is 42.7. The van der Waals surface area contributed by atoms with Crippen molar-refractivity contribution in [3.8, 4) is 0 Å². The first kappa shape index (κ1) is 42.3. The molecule has 2 aliphatic heterocycles.